The van der Waals surface area contributed by atoms with Gasteiger partial charge in [-0.2, -0.15) is 0 Å². The highest BCUT2D eigenvalue weighted by Crippen LogP contribution is 2.19. The van der Waals surface area contributed by atoms with Gasteiger partial charge in [0.2, 0.25) is 0 Å². The molecule has 1 atom stereocenters. The van der Waals surface area contributed by atoms with Gasteiger partial charge in [0.25, 0.3) is 0 Å². The number of nitrogens with zero attached hydrogens (tertiary/aromatic N) is 1. The van der Waals surface area contributed by atoms with Gasteiger partial charge in [0.15, 0.2) is 0 Å². The third-order valence-electron chi connectivity index (χ3n) is 3.64. The Morgan fingerprint density at radius 2 is 2.00 bits per heavy atom. The minimum Gasteiger partial charge on any atom is -0.469 e. The molecule has 1 aliphatic rings. The Labute approximate surface area is 109 Å². The number of rotatable bonds is 4. The lowest BCUT2D eigenvalue weighted by Crippen LogP contribution is -2.23. The molecule has 0 spiro atoms. The number of benzene rings is 1. The van der Waals surface area contributed by atoms with Crippen LogP contribution in [0.3, 0.4) is 0 Å². The van der Waals surface area contributed by atoms with Crippen LogP contribution in [0.15, 0.2) is 24.3 Å². The second-order valence-corrected chi connectivity index (χ2v) is 4.91. The molecular formula is C15H21NO2. The molecule has 1 aliphatic heterocycles. The third-order valence-corrected chi connectivity index (χ3v) is 3.64. The summed E-state index contributed by atoms with van der Waals surface area (Å²) >= 11 is 0. The van der Waals surface area contributed by atoms with Gasteiger partial charge in [-0.1, -0.05) is 31.2 Å². The van der Waals surface area contributed by atoms with Gasteiger partial charge in [0, 0.05) is 13.1 Å². The first kappa shape index (κ1) is 13.1. The minimum atomic E-state index is -0.0705. The molecule has 98 valence electrons. The van der Waals surface area contributed by atoms with Gasteiger partial charge >= 0.3 is 5.97 Å². The molecule has 0 amide bonds. The fourth-order valence-electron chi connectivity index (χ4n) is 2.47. The molecule has 3 heteroatoms. The topological polar surface area (TPSA) is 29.5 Å². The zero-order chi connectivity index (χ0) is 13.0. The summed E-state index contributed by atoms with van der Waals surface area (Å²) in [6.45, 7) is 4.89. The van der Waals surface area contributed by atoms with Crippen molar-refractivity contribution < 1.29 is 9.53 Å². The summed E-state index contributed by atoms with van der Waals surface area (Å²) in [6, 6.07) is 8.74. The van der Waals surface area contributed by atoms with Gasteiger partial charge in [-0.3, -0.25) is 9.69 Å². The number of aryl methyl sites for hydroxylation is 1. The maximum absolute atomic E-state index is 11.4. The van der Waals surface area contributed by atoms with Crippen LogP contribution in [0.5, 0.6) is 0 Å². The molecule has 1 heterocycles. The second-order valence-electron chi connectivity index (χ2n) is 4.91. The molecule has 18 heavy (non-hydrogen) atoms. The van der Waals surface area contributed by atoms with Crippen molar-refractivity contribution in [1.82, 2.24) is 4.90 Å². The van der Waals surface area contributed by atoms with E-state index in [-0.39, 0.29) is 11.9 Å². The lowest BCUT2D eigenvalue weighted by Gasteiger charge is -2.15. The lowest BCUT2D eigenvalue weighted by molar-refractivity contribution is -0.144. The van der Waals surface area contributed by atoms with Crippen LogP contribution in [-0.2, 0) is 22.5 Å². The summed E-state index contributed by atoms with van der Waals surface area (Å²) in [5.74, 6) is -0.0104. The molecule has 3 nitrogen and oxygen atoms in total. The first-order valence-electron chi connectivity index (χ1n) is 6.61. The zero-order valence-corrected chi connectivity index (χ0v) is 11.2. The van der Waals surface area contributed by atoms with E-state index >= 15 is 0 Å². The smallest absolute Gasteiger partial charge is 0.310 e. The summed E-state index contributed by atoms with van der Waals surface area (Å²) in [5, 5.41) is 0. The standard InChI is InChI=1S/C15H21NO2/c1-3-12-4-6-13(7-5-12)10-16-9-8-14(11-16)15(17)18-2/h4-7,14H,3,8-11H2,1-2H3. The van der Waals surface area contributed by atoms with Crippen LogP contribution in [-0.4, -0.2) is 31.1 Å². The van der Waals surface area contributed by atoms with Gasteiger partial charge in [-0.05, 0) is 30.5 Å². The monoisotopic (exact) mass is 247 g/mol. The number of methoxy groups -OCH3 is 1. The Balaban J connectivity index is 1.89. The average molecular weight is 247 g/mol. The van der Waals surface area contributed by atoms with Crippen molar-refractivity contribution in [3.8, 4) is 0 Å². The van der Waals surface area contributed by atoms with Gasteiger partial charge < -0.3 is 4.74 Å². The molecule has 0 bridgehead atoms. The fourth-order valence-corrected chi connectivity index (χ4v) is 2.47. The van der Waals surface area contributed by atoms with Crippen LogP contribution in [0.25, 0.3) is 0 Å². The van der Waals surface area contributed by atoms with Gasteiger partial charge in [0.05, 0.1) is 13.0 Å². The van der Waals surface area contributed by atoms with Crippen LogP contribution in [0.2, 0.25) is 0 Å². The highest BCUT2D eigenvalue weighted by molar-refractivity contribution is 5.72. The van der Waals surface area contributed by atoms with Crippen molar-refractivity contribution in [1.29, 1.82) is 0 Å². The minimum absolute atomic E-state index is 0.0601. The molecule has 1 unspecified atom stereocenters. The molecule has 1 saturated heterocycles. The van der Waals surface area contributed by atoms with Crippen molar-refractivity contribution in [3.63, 3.8) is 0 Å². The van der Waals surface area contributed by atoms with Crippen molar-refractivity contribution in [3.05, 3.63) is 35.4 Å². The van der Waals surface area contributed by atoms with E-state index in [9.17, 15) is 4.79 Å². The Morgan fingerprint density at radius 3 is 2.61 bits per heavy atom. The zero-order valence-electron chi connectivity index (χ0n) is 11.2. The van der Waals surface area contributed by atoms with Gasteiger partial charge in [-0.15, -0.1) is 0 Å². The number of esters is 1. The number of likely N-dealkylation sites (tertiary alicyclic amines) is 1. The quantitative estimate of drug-likeness (QED) is 0.764. The SMILES string of the molecule is CCc1ccc(CN2CCC(C(=O)OC)C2)cc1. The summed E-state index contributed by atoms with van der Waals surface area (Å²) < 4.78 is 4.80. The van der Waals surface area contributed by atoms with Crippen molar-refractivity contribution >= 4 is 5.97 Å². The molecule has 1 fully saturated rings. The number of ether oxygens (including phenoxy) is 1. The van der Waals surface area contributed by atoms with E-state index in [0.29, 0.717) is 0 Å². The average Bonchev–Trinajstić information content (AvgIpc) is 2.87. The number of hydrogen-bond donors (Lipinski definition) is 0. The molecule has 0 aliphatic carbocycles. The molecule has 1 aromatic carbocycles. The maximum Gasteiger partial charge on any atom is 0.310 e. The Morgan fingerprint density at radius 1 is 1.33 bits per heavy atom. The van der Waals surface area contributed by atoms with Gasteiger partial charge in [0.1, 0.15) is 0 Å². The van der Waals surface area contributed by atoms with Crippen LogP contribution < -0.4 is 0 Å². The van der Waals surface area contributed by atoms with E-state index in [1.54, 1.807) is 0 Å². The van der Waals surface area contributed by atoms with Crippen molar-refractivity contribution in [2.45, 2.75) is 26.3 Å². The molecule has 2 rings (SSSR count). The first-order valence-corrected chi connectivity index (χ1v) is 6.61. The normalized spacial score (nSPS) is 20.0. The predicted molar refractivity (Wildman–Crippen MR) is 71.2 cm³/mol. The number of carbonyl (C=O) groups excluding carboxylic acids is 1. The van der Waals surface area contributed by atoms with E-state index in [0.717, 1.165) is 32.5 Å². The molecule has 0 saturated carbocycles. The third kappa shape index (κ3) is 3.10. The van der Waals surface area contributed by atoms with Crippen molar-refractivity contribution in [2.75, 3.05) is 20.2 Å². The molecular weight excluding hydrogens is 226 g/mol. The summed E-state index contributed by atoms with van der Waals surface area (Å²) in [5.41, 5.74) is 2.69. The van der Waals surface area contributed by atoms with E-state index in [1.165, 1.54) is 18.2 Å². The van der Waals surface area contributed by atoms with Crippen LogP contribution in [0.4, 0.5) is 0 Å². The molecule has 0 radical (unpaired) electrons. The Hall–Kier alpha value is -1.35. The highest BCUT2D eigenvalue weighted by Gasteiger charge is 2.28. The summed E-state index contributed by atoms with van der Waals surface area (Å²) in [7, 11) is 1.47. The Kier molecular flexibility index (Phi) is 4.37. The summed E-state index contributed by atoms with van der Waals surface area (Å²) in [4.78, 5) is 13.8. The first-order chi connectivity index (χ1) is 8.72. The highest BCUT2D eigenvalue weighted by atomic mass is 16.5. The van der Waals surface area contributed by atoms with E-state index in [2.05, 4.69) is 36.1 Å². The summed E-state index contributed by atoms with van der Waals surface area (Å²) in [6.07, 6.45) is 1.99. The van der Waals surface area contributed by atoms with E-state index in [4.69, 9.17) is 4.74 Å². The number of hydrogen-bond acceptors (Lipinski definition) is 3. The largest absolute Gasteiger partial charge is 0.469 e. The Bertz CT molecular complexity index is 399. The second kappa shape index (κ2) is 6.01. The van der Waals surface area contributed by atoms with Crippen LogP contribution in [0.1, 0.15) is 24.5 Å². The van der Waals surface area contributed by atoms with E-state index < -0.39 is 0 Å². The van der Waals surface area contributed by atoms with E-state index in [1.807, 2.05) is 0 Å². The predicted octanol–water partition coefficient (Wildman–Crippen LogP) is 2.24. The lowest BCUT2D eigenvalue weighted by atomic mass is 10.1. The molecule has 0 aromatic heterocycles. The molecule has 0 N–H and O–H groups in total. The van der Waals surface area contributed by atoms with Gasteiger partial charge in [-0.25, -0.2) is 0 Å². The molecule has 1 aromatic rings. The maximum atomic E-state index is 11.4. The van der Waals surface area contributed by atoms with Crippen molar-refractivity contribution in [2.24, 2.45) is 5.92 Å². The van der Waals surface area contributed by atoms with Crippen LogP contribution in [0, 0.1) is 5.92 Å². The fraction of sp³-hybridized carbons (Fsp3) is 0.533. The van der Waals surface area contributed by atoms with Crippen LogP contribution >= 0.6 is 0 Å². The number of carbonyl (C=O) groups is 1.